The summed E-state index contributed by atoms with van der Waals surface area (Å²) in [6.45, 7) is 1.91. The lowest BCUT2D eigenvalue weighted by Gasteiger charge is -2.43. The Hall–Kier alpha value is -0.600. The minimum Gasteiger partial charge on any atom is -0.393 e. The van der Waals surface area contributed by atoms with E-state index in [4.69, 9.17) is 28.9 Å². The molecule has 27 heavy (non-hydrogen) atoms. The molecule has 9 heteroatoms. The van der Waals surface area contributed by atoms with E-state index in [9.17, 15) is 14.7 Å². The summed E-state index contributed by atoms with van der Waals surface area (Å²) in [6.07, 6.45) is 2.22. The number of amides is 2. The molecule has 2 amide bonds. The number of piperidine rings is 1. The van der Waals surface area contributed by atoms with Crippen molar-refractivity contribution in [2.24, 2.45) is 17.6 Å². The summed E-state index contributed by atoms with van der Waals surface area (Å²) in [5, 5.41) is 13.0. The van der Waals surface area contributed by atoms with Crippen LogP contribution in [0.5, 0.6) is 0 Å². The molecule has 3 rings (SSSR count). The van der Waals surface area contributed by atoms with Gasteiger partial charge in [0.2, 0.25) is 11.8 Å². The first-order chi connectivity index (χ1) is 12.8. The highest BCUT2D eigenvalue weighted by molar-refractivity contribution is 6.30. The Morgan fingerprint density at radius 3 is 2.52 bits per heavy atom. The number of aliphatic hydroxyl groups excluding tert-OH is 1. The molecule has 2 aliphatic heterocycles. The molecule has 1 aliphatic carbocycles. The standard InChI is InChI=1S/C18H30Cl2N4O3/c1-23-9-14(22-8-16(23)26)18(27)24-4-2-10(3-5-24)17(21)11-6-12(19)13(20)7-15(11)25/h10-15,17,22,25H,2-9,21H2,1H3/t11?,12?,13?,14?,15?,17-/m1/s1. The van der Waals surface area contributed by atoms with Crippen molar-refractivity contribution in [3.05, 3.63) is 0 Å². The second-order valence-electron chi connectivity index (χ2n) is 8.18. The predicted molar refractivity (Wildman–Crippen MR) is 105 cm³/mol. The highest BCUT2D eigenvalue weighted by atomic mass is 35.5. The van der Waals surface area contributed by atoms with Gasteiger partial charge in [0, 0.05) is 38.6 Å². The van der Waals surface area contributed by atoms with Crippen LogP contribution in [0.1, 0.15) is 25.7 Å². The number of aliphatic hydroxyl groups is 1. The Kier molecular flexibility index (Phi) is 6.90. The molecule has 2 saturated heterocycles. The lowest BCUT2D eigenvalue weighted by atomic mass is 9.74. The minimum absolute atomic E-state index is 0.00607. The van der Waals surface area contributed by atoms with Gasteiger partial charge in [0.15, 0.2) is 0 Å². The van der Waals surface area contributed by atoms with Gasteiger partial charge in [-0.15, -0.1) is 23.2 Å². The minimum atomic E-state index is -0.517. The summed E-state index contributed by atoms with van der Waals surface area (Å²) >= 11 is 12.5. The lowest BCUT2D eigenvalue weighted by Crippen LogP contribution is -2.60. The first-order valence-corrected chi connectivity index (χ1v) is 10.6. The molecule has 0 bridgehead atoms. The van der Waals surface area contributed by atoms with Crippen LogP contribution in [0, 0.1) is 11.8 Å². The number of likely N-dealkylation sites (N-methyl/N-ethyl adjacent to an activating group) is 1. The summed E-state index contributed by atoms with van der Waals surface area (Å²) < 4.78 is 0. The molecule has 5 unspecified atom stereocenters. The van der Waals surface area contributed by atoms with E-state index in [1.165, 1.54) is 0 Å². The van der Waals surface area contributed by atoms with Crippen LogP contribution in [0.15, 0.2) is 0 Å². The van der Waals surface area contributed by atoms with Gasteiger partial charge in [-0.05, 0) is 31.6 Å². The van der Waals surface area contributed by atoms with Gasteiger partial charge < -0.3 is 20.6 Å². The van der Waals surface area contributed by atoms with E-state index in [1.807, 2.05) is 4.90 Å². The number of nitrogens with two attached hydrogens (primary N) is 1. The Bertz CT molecular complexity index is 559. The number of carbonyl (C=O) groups excluding carboxylic acids is 2. The van der Waals surface area contributed by atoms with Gasteiger partial charge in [-0.2, -0.15) is 0 Å². The maximum absolute atomic E-state index is 12.7. The third-order valence-electron chi connectivity index (χ3n) is 6.42. The molecule has 4 N–H and O–H groups in total. The van der Waals surface area contributed by atoms with E-state index in [-0.39, 0.29) is 53.0 Å². The van der Waals surface area contributed by atoms with Gasteiger partial charge in [0.25, 0.3) is 0 Å². The molecule has 0 aromatic carbocycles. The fraction of sp³-hybridized carbons (Fsp3) is 0.889. The van der Waals surface area contributed by atoms with E-state index >= 15 is 0 Å². The van der Waals surface area contributed by atoms with Crippen LogP contribution in [0.2, 0.25) is 0 Å². The fourth-order valence-electron chi connectivity index (χ4n) is 4.56. The first-order valence-electron chi connectivity index (χ1n) is 9.75. The van der Waals surface area contributed by atoms with Gasteiger partial charge in [-0.3, -0.25) is 14.9 Å². The van der Waals surface area contributed by atoms with Crippen LogP contribution in [0.25, 0.3) is 0 Å². The number of alkyl halides is 2. The van der Waals surface area contributed by atoms with Crippen molar-refractivity contribution in [2.45, 2.75) is 54.6 Å². The SMILES string of the molecule is CN1CC(C(=O)N2CCC([C@@H](N)C3CC(Cl)C(Cl)CC3O)CC2)NCC1=O. The summed E-state index contributed by atoms with van der Waals surface area (Å²) in [7, 11) is 1.72. The van der Waals surface area contributed by atoms with Crippen molar-refractivity contribution in [1.29, 1.82) is 0 Å². The van der Waals surface area contributed by atoms with Gasteiger partial charge in [0.05, 0.1) is 23.4 Å². The molecule has 0 spiro atoms. The average molecular weight is 421 g/mol. The summed E-state index contributed by atoms with van der Waals surface area (Å²) in [5.74, 6) is 0.263. The molecule has 0 aromatic rings. The largest absolute Gasteiger partial charge is 0.393 e. The Morgan fingerprint density at radius 1 is 1.26 bits per heavy atom. The molecule has 3 aliphatic rings. The number of carbonyl (C=O) groups is 2. The van der Waals surface area contributed by atoms with Crippen molar-refractivity contribution in [3.8, 4) is 0 Å². The Labute approximate surface area is 170 Å². The van der Waals surface area contributed by atoms with E-state index in [1.54, 1.807) is 11.9 Å². The maximum atomic E-state index is 12.7. The second-order valence-corrected chi connectivity index (χ2v) is 9.30. The summed E-state index contributed by atoms with van der Waals surface area (Å²) in [6, 6.07) is -0.477. The number of nitrogens with one attached hydrogen (secondary N) is 1. The van der Waals surface area contributed by atoms with E-state index in [0.717, 1.165) is 12.8 Å². The van der Waals surface area contributed by atoms with Crippen LogP contribution in [-0.2, 0) is 9.59 Å². The third kappa shape index (κ3) is 4.70. The van der Waals surface area contributed by atoms with Crippen LogP contribution in [-0.4, -0.2) is 88.9 Å². The molecule has 0 radical (unpaired) electrons. The fourth-order valence-corrected chi connectivity index (χ4v) is 5.15. The average Bonchev–Trinajstić information content (AvgIpc) is 2.66. The number of rotatable bonds is 3. The number of halogens is 2. The zero-order valence-electron chi connectivity index (χ0n) is 15.7. The van der Waals surface area contributed by atoms with Gasteiger partial charge in [-0.25, -0.2) is 0 Å². The van der Waals surface area contributed by atoms with Crippen LogP contribution >= 0.6 is 23.2 Å². The van der Waals surface area contributed by atoms with Gasteiger partial charge in [-0.1, -0.05) is 0 Å². The molecule has 2 heterocycles. The Morgan fingerprint density at radius 2 is 1.89 bits per heavy atom. The van der Waals surface area contributed by atoms with E-state index < -0.39 is 6.10 Å². The van der Waals surface area contributed by atoms with Gasteiger partial charge >= 0.3 is 0 Å². The van der Waals surface area contributed by atoms with Crippen molar-refractivity contribution in [1.82, 2.24) is 15.1 Å². The van der Waals surface area contributed by atoms with Crippen molar-refractivity contribution in [2.75, 3.05) is 33.2 Å². The van der Waals surface area contributed by atoms with E-state index in [0.29, 0.717) is 32.5 Å². The first kappa shape index (κ1) is 21.1. The Balaban J connectivity index is 1.51. The molecule has 1 saturated carbocycles. The second kappa shape index (κ2) is 8.82. The zero-order valence-corrected chi connectivity index (χ0v) is 17.2. The maximum Gasteiger partial charge on any atom is 0.241 e. The number of hydrogen-bond acceptors (Lipinski definition) is 5. The lowest BCUT2D eigenvalue weighted by molar-refractivity contribution is -0.140. The predicted octanol–water partition coefficient (Wildman–Crippen LogP) is -0.0318. The topological polar surface area (TPSA) is 98.9 Å². The molecule has 0 aromatic heterocycles. The number of hydrogen-bond donors (Lipinski definition) is 3. The van der Waals surface area contributed by atoms with Crippen molar-refractivity contribution < 1.29 is 14.7 Å². The number of likely N-dealkylation sites (tertiary alicyclic amines) is 1. The molecule has 3 fully saturated rings. The van der Waals surface area contributed by atoms with Gasteiger partial charge in [0.1, 0.15) is 6.04 Å². The number of piperazine rings is 1. The van der Waals surface area contributed by atoms with Crippen LogP contribution < -0.4 is 11.1 Å². The van der Waals surface area contributed by atoms with E-state index in [2.05, 4.69) is 5.32 Å². The highest BCUT2D eigenvalue weighted by Gasteiger charge is 2.41. The van der Waals surface area contributed by atoms with Crippen LogP contribution in [0.4, 0.5) is 0 Å². The van der Waals surface area contributed by atoms with Crippen molar-refractivity contribution in [3.63, 3.8) is 0 Å². The molecule has 154 valence electrons. The quantitative estimate of drug-likeness (QED) is 0.556. The zero-order chi connectivity index (χ0) is 19.7. The van der Waals surface area contributed by atoms with Crippen molar-refractivity contribution >= 4 is 35.0 Å². The summed E-state index contributed by atoms with van der Waals surface area (Å²) in [5.41, 5.74) is 6.50. The molecular formula is C18H30Cl2N4O3. The summed E-state index contributed by atoms with van der Waals surface area (Å²) in [4.78, 5) is 27.8. The monoisotopic (exact) mass is 420 g/mol. The smallest absolute Gasteiger partial charge is 0.241 e. The third-order valence-corrected chi connectivity index (χ3v) is 7.51. The molecule has 7 nitrogen and oxygen atoms in total. The highest BCUT2D eigenvalue weighted by Crippen LogP contribution is 2.37. The van der Waals surface area contributed by atoms with Crippen LogP contribution in [0.3, 0.4) is 0 Å². The normalized spacial score (nSPS) is 37.4. The molecule has 6 atom stereocenters. The molecular weight excluding hydrogens is 391 g/mol. The number of nitrogens with zero attached hydrogens (tertiary/aromatic N) is 2.